The lowest BCUT2D eigenvalue weighted by Gasteiger charge is -2.18. The maximum Gasteiger partial charge on any atom is 0.273 e. The van der Waals surface area contributed by atoms with Gasteiger partial charge in [-0.25, -0.2) is 0 Å². The van der Waals surface area contributed by atoms with Crippen LogP contribution in [0.5, 0.6) is 11.5 Å². The van der Waals surface area contributed by atoms with E-state index in [1.54, 1.807) is 13.2 Å². The zero-order valence-corrected chi connectivity index (χ0v) is 14.3. The number of nitrogens with one attached hydrogen (secondary N) is 1. The number of carbonyl (C=O) groups excluding carboxylic acids is 1. The Balaban J connectivity index is 1.97. The van der Waals surface area contributed by atoms with Crippen molar-refractivity contribution in [2.75, 3.05) is 13.7 Å². The van der Waals surface area contributed by atoms with Crippen LogP contribution in [0.25, 0.3) is 0 Å². The van der Waals surface area contributed by atoms with E-state index in [0.29, 0.717) is 5.75 Å². The second-order valence-corrected chi connectivity index (χ2v) is 5.58. The number of nitrogens with zero attached hydrogens (tertiary/aromatic N) is 1. The van der Waals surface area contributed by atoms with Gasteiger partial charge in [0.15, 0.2) is 6.61 Å². The number of ether oxygens (including phenoxy) is 2. The highest BCUT2D eigenvalue weighted by atomic mass is 16.6. The third kappa shape index (κ3) is 4.94. The van der Waals surface area contributed by atoms with Crippen molar-refractivity contribution < 1.29 is 19.2 Å². The summed E-state index contributed by atoms with van der Waals surface area (Å²) >= 11 is 0. The summed E-state index contributed by atoms with van der Waals surface area (Å²) in [6.07, 6.45) is 0. The maximum atomic E-state index is 12.1. The third-order valence-electron chi connectivity index (χ3n) is 3.63. The van der Waals surface area contributed by atoms with Gasteiger partial charge in [0, 0.05) is 11.6 Å². The molecular weight excluding hydrogens is 324 g/mol. The first-order valence-corrected chi connectivity index (χ1v) is 7.72. The van der Waals surface area contributed by atoms with Crippen molar-refractivity contribution in [2.24, 2.45) is 0 Å². The van der Waals surface area contributed by atoms with Gasteiger partial charge in [0.05, 0.1) is 24.1 Å². The number of methoxy groups -OCH3 is 1. The number of nitro benzene ring substituents is 1. The molecular formula is C18H20N2O5. The lowest BCUT2D eigenvalue weighted by molar-refractivity contribution is -0.384. The maximum absolute atomic E-state index is 12.1. The van der Waals surface area contributed by atoms with Gasteiger partial charge in [-0.2, -0.15) is 0 Å². The molecule has 2 aromatic carbocycles. The summed E-state index contributed by atoms with van der Waals surface area (Å²) in [4.78, 5) is 22.3. The molecule has 0 aliphatic heterocycles. The standard InChI is InChI=1S/C18H20N2O5/c1-12-7-8-17(24-3)16(9-12)13(2)19-18(21)11-25-15-6-4-5-14(10-15)20(22)23/h4-10,13H,11H2,1-3H3,(H,19,21). The minimum Gasteiger partial charge on any atom is -0.496 e. The molecule has 0 spiro atoms. The average Bonchev–Trinajstić information content (AvgIpc) is 2.60. The first kappa shape index (κ1) is 18.3. The van der Waals surface area contributed by atoms with Crippen LogP contribution in [0, 0.1) is 17.0 Å². The number of hydrogen-bond donors (Lipinski definition) is 1. The van der Waals surface area contributed by atoms with E-state index in [4.69, 9.17) is 9.47 Å². The van der Waals surface area contributed by atoms with Gasteiger partial charge >= 0.3 is 0 Å². The number of hydrogen-bond acceptors (Lipinski definition) is 5. The van der Waals surface area contributed by atoms with E-state index in [-0.39, 0.29) is 30.0 Å². The van der Waals surface area contributed by atoms with E-state index in [1.807, 2.05) is 32.0 Å². The molecule has 0 aromatic heterocycles. The molecule has 0 radical (unpaired) electrons. The molecule has 0 aliphatic carbocycles. The molecule has 2 rings (SSSR count). The molecule has 2 aromatic rings. The van der Waals surface area contributed by atoms with Crippen molar-refractivity contribution in [3.05, 3.63) is 63.7 Å². The molecule has 132 valence electrons. The lowest BCUT2D eigenvalue weighted by atomic mass is 10.0. The van der Waals surface area contributed by atoms with E-state index in [1.165, 1.54) is 18.2 Å². The zero-order valence-electron chi connectivity index (χ0n) is 14.3. The van der Waals surface area contributed by atoms with Gasteiger partial charge in [0.2, 0.25) is 0 Å². The van der Waals surface area contributed by atoms with E-state index in [0.717, 1.165) is 11.1 Å². The van der Waals surface area contributed by atoms with Gasteiger partial charge in [0.1, 0.15) is 11.5 Å². The molecule has 0 saturated carbocycles. The van der Waals surface area contributed by atoms with Crippen LogP contribution in [0.3, 0.4) is 0 Å². The van der Waals surface area contributed by atoms with Gasteiger partial charge in [-0.3, -0.25) is 14.9 Å². The third-order valence-corrected chi connectivity index (χ3v) is 3.63. The van der Waals surface area contributed by atoms with Crippen molar-refractivity contribution in [2.45, 2.75) is 19.9 Å². The highest BCUT2D eigenvalue weighted by Crippen LogP contribution is 2.26. The summed E-state index contributed by atoms with van der Waals surface area (Å²) in [7, 11) is 1.58. The zero-order chi connectivity index (χ0) is 18.4. The van der Waals surface area contributed by atoms with E-state index >= 15 is 0 Å². The monoisotopic (exact) mass is 344 g/mol. The minimum atomic E-state index is -0.515. The first-order valence-electron chi connectivity index (χ1n) is 7.72. The molecule has 1 amide bonds. The molecule has 7 heteroatoms. The summed E-state index contributed by atoms with van der Waals surface area (Å²) in [6.45, 7) is 3.57. The average molecular weight is 344 g/mol. The summed E-state index contributed by atoms with van der Waals surface area (Å²) < 4.78 is 10.6. The molecule has 0 fully saturated rings. The van der Waals surface area contributed by atoms with E-state index in [2.05, 4.69) is 5.32 Å². The normalized spacial score (nSPS) is 11.5. The molecule has 1 unspecified atom stereocenters. The van der Waals surface area contributed by atoms with Gasteiger partial charge in [-0.05, 0) is 26.0 Å². The second-order valence-electron chi connectivity index (χ2n) is 5.58. The largest absolute Gasteiger partial charge is 0.496 e. The van der Waals surface area contributed by atoms with Crippen molar-refractivity contribution in [3.63, 3.8) is 0 Å². The number of nitro groups is 1. The summed E-state index contributed by atoms with van der Waals surface area (Å²) in [5.74, 6) is 0.630. The van der Waals surface area contributed by atoms with Crippen LogP contribution in [0.15, 0.2) is 42.5 Å². The van der Waals surface area contributed by atoms with E-state index in [9.17, 15) is 14.9 Å². The van der Waals surface area contributed by atoms with Crippen LogP contribution in [-0.2, 0) is 4.79 Å². The second kappa shape index (κ2) is 8.14. The van der Waals surface area contributed by atoms with Crippen molar-refractivity contribution in [1.82, 2.24) is 5.32 Å². The Hall–Kier alpha value is -3.09. The van der Waals surface area contributed by atoms with Gasteiger partial charge < -0.3 is 14.8 Å². The topological polar surface area (TPSA) is 90.7 Å². The van der Waals surface area contributed by atoms with Gasteiger partial charge in [-0.15, -0.1) is 0 Å². The highest BCUT2D eigenvalue weighted by Gasteiger charge is 2.15. The van der Waals surface area contributed by atoms with Crippen LogP contribution >= 0.6 is 0 Å². The van der Waals surface area contributed by atoms with E-state index < -0.39 is 4.92 Å². The van der Waals surface area contributed by atoms with Crippen LogP contribution < -0.4 is 14.8 Å². The molecule has 25 heavy (non-hydrogen) atoms. The number of non-ortho nitro benzene ring substituents is 1. The van der Waals surface area contributed by atoms with Crippen LogP contribution in [0.2, 0.25) is 0 Å². The fourth-order valence-electron chi connectivity index (χ4n) is 2.39. The number of carbonyl (C=O) groups is 1. The number of rotatable bonds is 7. The van der Waals surface area contributed by atoms with Crippen LogP contribution in [-0.4, -0.2) is 24.5 Å². The van der Waals surface area contributed by atoms with Gasteiger partial charge in [-0.1, -0.05) is 23.8 Å². The first-order chi connectivity index (χ1) is 11.9. The Morgan fingerprint density at radius 1 is 1.28 bits per heavy atom. The predicted molar refractivity (Wildman–Crippen MR) is 92.9 cm³/mol. The number of amides is 1. The molecule has 0 saturated heterocycles. The highest BCUT2D eigenvalue weighted by molar-refractivity contribution is 5.78. The smallest absolute Gasteiger partial charge is 0.273 e. The lowest BCUT2D eigenvalue weighted by Crippen LogP contribution is -2.31. The van der Waals surface area contributed by atoms with Gasteiger partial charge in [0.25, 0.3) is 11.6 Å². The Morgan fingerprint density at radius 2 is 2.04 bits per heavy atom. The summed E-state index contributed by atoms with van der Waals surface area (Å²) in [6, 6.07) is 11.2. The quantitative estimate of drug-likeness (QED) is 0.615. The molecule has 7 nitrogen and oxygen atoms in total. The number of benzene rings is 2. The fourth-order valence-corrected chi connectivity index (χ4v) is 2.39. The molecule has 1 atom stereocenters. The summed E-state index contributed by atoms with van der Waals surface area (Å²) in [5, 5.41) is 13.6. The van der Waals surface area contributed by atoms with Crippen molar-refractivity contribution >= 4 is 11.6 Å². The predicted octanol–water partition coefficient (Wildman–Crippen LogP) is 3.17. The number of aryl methyl sites for hydroxylation is 1. The Labute approximate surface area is 145 Å². The minimum absolute atomic E-state index is 0.0872. The fraction of sp³-hybridized carbons (Fsp3) is 0.278. The Kier molecular flexibility index (Phi) is 5.94. The van der Waals surface area contributed by atoms with Crippen LogP contribution in [0.1, 0.15) is 24.1 Å². The molecule has 0 bridgehead atoms. The SMILES string of the molecule is COc1ccc(C)cc1C(C)NC(=O)COc1cccc([N+](=O)[O-])c1. The molecule has 0 heterocycles. The summed E-state index contributed by atoms with van der Waals surface area (Å²) in [5.41, 5.74) is 1.84. The molecule has 0 aliphatic rings. The van der Waals surface area contributed by atoms with Crippen molar-refractivity contribution in [3.8, 4) is 11.5 Å². The van der Waals surface area contributed by atoms with Crippen LogP contribution in [0.4, 0.5) is 5.69 Å². The Morgan fingerprint density at radius 3 is 2.72 bits per heavy atom. The van der Waals surface area contributed by atoms with Crippen molar-refractivity contribution in [1.29, 1.82) is 0 Å². The Bertz CT molecular complexity index is 776. The molecule has 1 N–H and O–H groups in total.